The molecule has 13 heteroatoms. The summed E-state index contributed by atoms with van der Waals surface area (Å²) in [6.07, 6.45) is -3.08. The molecule has 2 fully saturated rings. The summed E-state index contributed by atoms with van der Waals surface area (Å²) >= 11 is 0. The Morgan fingerprint density at radius 2 is 1.87 bits per heavy atom. The topological polar surface area (TPSA) is 108 Å². The fourth-order valence-electron chi connectivity index (χ4n) is 5.24. The number of amides is 1. The SMILES string of the molecule is O=C1C[C@H](O)CN1c1ccc(-c2cccc3c(N4CCC(c5noc(C(F)(F)F)n5)CC4)ncnc23)cc1F. The molecule has 4 aromatic rings. The average Bonchev–Trinajstić information content (AvgIpc) is 3.55. The van der Waals surface area contributed by atoms with Crippen LogP contribution in [0.4, 0.5) is 29.1 Å². The molecule has 1 amide bonds. The number of halogens is 4. The number of hydrogen-bond donors (Lipinski definition) is 1. The second-order valence-electron chi connectivity index (χ2n) is 9.64. The monoisotopic (exact) mass is 542 g/mol. The highest BCUT2D eigenvalue weighted by molar-refractivity contribution is 6.00. The Kier molecular flexibility index (Phi) is 6.17. The van der Waals surface area contributed by atoms with E-state index in [-0.39, 0.29) is 36.3 Å². The van der Waals surface area contributed by atoms with Crippen LogP contribution in [-0.4, -0.2) is 56.9 Å². The molecule has 0 saturated carbocycles. The summed E-state index contributed by atoms with van der Waals surface area (Å²) < 4.78 is 58.0. The van der Waals surface area contributed by atoms with E-state index in [0.29, 0.717) is 48.4 Å². The van der Waals surface area contributed by atoms with Gasteiger partial charge >= 0.3 is 12.1 Å². The maximum atomic E-state index is 15.1. The van der Waals surface area contributed by atoms with Crippen LogP contribution in [0.15, 0.2) is 47.2 Å². The Labute approximate surface area is 219 Å². The van der Waals surface area contributed by atoms with Gasteiger partial charge in [0.2, 0.25) is 5.91 Å². The van der Waals surface area contributed by atoms with Gasteiger partial charge in [-0.25, -0.2) is 14.4 Å². The molecule has 2 aliphatic rings. The minimum atomic E-state index is -4.68. The highest BCUT2D eigenvalue weighted by Crippen LogP contribution is 2.37. The van der Waals surface area contributed by atoms with Crippen LogP contribution in [0.1, 0.15) is 36.9 Å². The molecule has 0 unspecified atom stereocenters. The molecule has 6 rings (SSSR count). The van der Waals surface area contributed by atoms with Crippen LogP contribution in [0.3, 0.4) is 0 Å². The number of aromatic nitrogens is 4. The van der Waals surface area contributed by atoms with E-state index in [9.17, 15) is 23.1 Å². The number of carbonyl (C=O) groups is 1. The number of aliphatic hydroxyl groups is 1. The number of alkyl halides is 3. The van der Waals surface area contributed by atoms with Crippen molar-refractivity contribution in [3.8, 4) is 11.1 Å². The summed E-state index contributed by atoms with van der Waals surface area (Å²) in [5.74, 6) is -1.82. The molecule has 2 aromatic heterocycles. The Hall–Kier alpha value is -4.13. The first-order valence-corrected chi connectivity index (χ1v) is 12.4. The third kappa shape index (κ3) is 4.67. The number of anilines is 2. The van der Waals surface area contributed by atoms with Crippen molar-refractivity contribution in [3.05, 3.63) is 60.3 Å². The Bertz CT molecular complexity index is 1550. The molecule has 202 valence electrons. The highest BCUT2D eigenvalue weighted by Gasteiger charge is 2.39. The maximum absolute atomic E-state index is 15.1. The average molecular weight is 542 g/mol. The molecule has 0 spiro atoms. The zero-order valence-corrected chi connectivity index (χ0v) is 20.4. The molecule has 0 radical (unpaired) electrons. The number of piperidine rings is 1. The van der Waals surface area contributed by atoms with Crippen LogP contribution in [0.2, 0.25) is 0 Å². The lowest BCUT2D eigenvalue weighted by Gasteiger charge is -2.32. The smallest absolute Gasteiger partial charge is 0.391 e. The van der Waals surface area contributed by atoms with Crippen molar-refractivity contribution in [1.82, 2.24) is 20.1 Å². The molecule has 0 bridgehead atoms. The van der Waals surface area contributed by atoms with Gasteiger partial charge in [-0.15, -0.1) is 0 Å². The fraction of sp³-hybridized carbons (Fsp3) is 0.346. The molecule has 2 saturated heterocycles. The summed E-state index contributed by atoms with van der Waals surface area (Å²) in [7, 11) is 0. The molecule has 1 N–H and O–H groups in total. The highest BCUT2D eigenvalue weighted by atomic mass is 19.4. The lowest BCUT2D eigenvalue weighted by atomic mass is 9.95. The van der Waals surface area contributed by atoms with Crippen molar-refractivity contribution < 1.29 is 32.0 Å². The van der Waals surface area contributed by atoms with Crippen LogP contribution < -0.4 is 9.80 Å². The number of nitrogens with zero attached hydrogens (tertiary/aromatic N) is 6. The number of aliphatic hydroxyl groups excluding tert-OH is 1. The van der Waals surface area contributed by atoms with Crippen LogP contribution in [0, 0.1) is 5.82 Å². The minimum Gasteiger partial charge on any atom is -0.391 e. The first-order chi connectivity index (χ1) is 18.7. The third-order valence-electron chi connectivity index (χ3n) is 7.14. The minimum absolute atomic E-state index is 0.0366. The van der Waals surface area contributed by atoms with E-state index in [2.05, 4.69) is 24.6 Å². The molecule has 4 heterocycles. The second kappa shape index (κ2) is 9.56. The molecule has 9 nitrogen and oxygen atoms in total. The standard InChI is InChI=1S/C26H22F4N6O3/c27-19-10-15(4-5-20(19)36-12-16(37)11-21(36)38)17-2-1-3-18-22(17)31-13-32-24(18)35-8-6-14(7-9-35)23-33-25(39-34-23)26(28,29)30/h1-5,10,13-14,16,37H,6-9,11-12H2/t16-/m0/s1. The molecular formula is C26H22F4N6O3. The zero-order valence-electron chi connectivity index (χ0n) is 20.4. The van der Waals surface area contributed by atoms with Gasteiger partial charge in [-0.3, -0.25) is 4.79 Å². The zero-order chi connectivity index (χ0) is 27.3. The van der Waals surface area contributed by atoms with Crippen LogP contribution in [-0.2, 0) is 11.0 Å². The maximum Gasteiger partial charge on any atom is 0.471 e. The van der Waals surface area contributed by atoms with Crippen LogP contribution >= 0.6 is 0 Å². The Balaban J connectivity index is 1.25. The van der Waals surface area contributed by atoms with Crippen molar-refractivity contribution in [2.45, 2.75) is 37.5 Å². The second-order valence-corrected chi connectivity index (χ2v) is 9.64. The number of rotatable bonds is 4. The van der Waals surface area contributed by atoms with Gasteiger partial charge in [0.15, 0.2) is 5.82 Å². The first-order valence-electron chi connectivity index (χ1n) is 12.4. The van der Waals surface area contributed by atoms with Gasteiger partial charge in [-0.05, 0) is 36.6 Å². The van der Waals surface area contributed by atoms with E-state index in [1.807, 2.05) is 23.1 Å². The fourth-order valence-corrected chi connectivity index (χ4v) is 5.24. The lowest BCUT2D eigenvalue weighted by Crippen LogP contribution is -2.34. The Morgan fingerprint density at radius 1 is 1.08 bits per heavy atom. The number of β-amino-alcohol motifs (C(OH)–C–C–N with tert-alkyl or cyclic N) is 1. The molecule has 2 aliphatic heterocycles. The van der Waals surface area contributed by atoms with Gasteiger partial charge in [0.25, 0.3) is 0 Å². The van der Waals surface area contributed by atoms with E-state index < -0.39 is 24.0 Å². The van der Waals surface area contributed by atoms with Crippen molar-refractivity contribution in [3.63, 3.8) is 0 Å². The van der Waals surface area contributed by atoms with Gasteiger partial charge in [-0.1, -0.05) is 23.4 Å². The summed E-state index contributed by atoms with van der Waals surface area (Å²) in [5, 5.41) is 14.0. The van der Waals surface area contributed by atoms with Crippen LogP contribution in [0.5, 0.6) is 0 Å². The summed E-state index contributed by atoms with van der Waals surface area (Å²) in [5.41, 5.74) is 1.96. The molecule has 39 heavy (non-hydrogen) atoms. The van der Waals surface area contributed by atoms with Crippen molar-refractivity contribution >= 4 is 28.3 Å². The number of benzene rings is 2. The van der Waals surface area contributed by atoms with Gasteiger partial charge in [0.05, 0.1) is 30.3 Å². The largest absolute Gasteiger partial charge is 0.471 e. The Morgan fingerprint density at radius 3 is 2.54 bits per heavy atom. The number of hydrogen-bond acceptors (Lipinski definition) is 8. The summed E-state index contributed by atoms with van der Waals surface area (Å²) in [6, 6.07) is 10.1. The number of carbonyl (C=O) groups excluding carboxylic acids is 1. The number of fused-ring (bicyclic) bond motifs is 1. The number of para-hydroxylation sites is 1. The van der Waals surface area contributed by atoms with Gasteiger partial charge in [0.1, 0.15) is 18.0 Å². The third-order valence-corrected chi connectivity index (χ3v) is 7.14. The van der Waals surface area contributed by atoms with E-state index >= 15 is 4.39 Å². The van der Waals surface area contributed by atoms with Crippen LogP contribution in [0.25, 0.3) is 22.0 Å². The van der Waals surface area contributed by atoms with Gasteiger partial charge in [0, 0.05) is 30.0 Å². The quantitative estimate of drug-likeness (QED) is 0.380. The van der Waals surface area contributed by atoms with E-state index in [1.165, 1.54) is 23.4 Å². The lowest BCUT2D eigenvalue weighted by molar-refractivity contribution is -0.159. The van der Waals surface area contributed by atoms with Crippen molar-refractivity contribution in [2.75, 3.05) is 29.4 Å². The predicted molar refractivity (Wildman–Crippen MR) is 131 cm³/mol. The normalized spacial score (nSPS) is 18.9. The van der Waals surface area contributed by atoms with E-state index in [0.717, 1.165) is 5.39 Å². The molecule has 1 atom stereocenters. The van der Waals surface area contributed by atoms with Crippen molar-refractivity contribution in [2.24, 2.45) is 0 Å². The van der Waals surface area contributed by atoms with Gasteiger partial charge in [-0.2, -0.15) is 18.2 Å². The van der Waals surface area contributed by atoms with E-state index in [1.54, 1.807) is 6.07 Å². The first kappa shape index (κ1) is 25.2. The van der Waals surface area contributed by atoms with E-state index in [4.69, 9.17) is 0 Å². The molecular weight excluding hydrogens is 520 g/mol. The molecule has 0 aliphatic carbocycles. The predicted octanol–water partition coefficient (Wildman–Crippen LogP) is 4.32. The van der Waals surface area contributed by atoms with Crippen molar-refractivity contribution in [1.29, 1.82) is 0 Å². The van der Waals surface area contributed by atoms with Gasteiger partial charge < -0.3 is 19.4 Å². The summed E-state index contributed by atoms with van der Waals surface area (Å²) in [4.78, 5) is 27.9. The molecule has 2 aromatic carbocycles. The summed E-state index contributed by atoms with van der Waals surface area (Å²) in [6.45, 7) is 1.07.